The van der Waals surface area contributed by atoms with Gasteiger partial charge in [0.05, 0.1) is 0 Å². The van der Waals surface area contributed by atoms with E-state index >= 15 is 0 Å². The van der Waals surface area contributed by atoms with Crippen LogP contribution in [0.2, 0.25) is 0 Å². The summed E-state index contributed by atoms with van der Waals surface area (Å²) >= 11 is 0. The Morgan fingerprint density at radius 3 is 2.18 bits per heavy atom. The van der Waals surface area contributed by atoms with Crippen molar-refractivity contribution >= 4 is 18.0 Å². The van der Waals surface area contributed by atoms with Crippen molar-refractivity contribution in [2.45, 2.75) is 50.6 Å². The highest BCUT2D eigenvalue weighted by molar-refractivity contribution is 5.89. The van der Waals surface area contributed by atoms with E-state index in [4.69, 9.17) is 4.74 Å². The molecule has 0 bridgehead atoms. The number of rotatable bonds is 11. The van der Waals surface area contributed by atoms with Gasteiger partial charge < -0.3 is 20.5 Å². The van der Waals surface area contributed by atoms with E-state index in [1.807, 2.05) is 43.3 Å². The van der Waals surface area contributed by atoms with Crippen molar-refractivity contribution in [3.8, 4) is 11.1 Å². The number of amides is 2. The lowest BCUT2D eigenvalue weighted by atomic mass is 9.98. The van der Waals surface area contributed by atoms with E-state index in [1.165, 1.54) is 6.08 Å². The maximum absolute atomic E-state index is 12.6. The molecule has 33 heavy (non-hydrogen) atoms. The zero-order chi connectivity index (χ0) is 23.8. The van der Waals surface area contributed by atoms with E-state index in [-0.39, 0.29) is 18.9 Å². The smallest absolute Gasteiger partial charge is 0.407 e. The molecule has 0 heterocycles. The monoisotopic (exact) mass is 450 g/mol. The quantitative estimate of drug-likeness (QED) is 0.445. The Morgan fingerprint density at radius 1 is 1.03 bits per heavy atom. The predicted molar refractivity (Wildman–Crippen MR) is 126 cm³/mol. The van der Waals surface area contributed by atoms with Gasteiger partial charge in [-0.1, -0.05) is 74.4 Å². The molecule has 7 heteroatoms. The third-order valence-corrected chi connectivity index (χ3v) is 5.82. The van der Waals surface area contributed by atoms with E-state index in [2.05, 4.69) is 29.3 Å². The highest BCUT2D eigenvalue weighted by atomic mass is 16.5. The lowest BCUT2D eigenvalue weighted by Crippen LogP contribution is -2.51. The van der Waals surface area contributed by atoms with Crippen molar-refractivity contribution in [2.24, 2.45) is 0 Å². The first-order valence-electron chi connectivity index (χ1n) is 11.2. The molecular weight excluding hydrogens is 420 g/mol. The maximum Gasteiger partial charge on any atom is 0.407 e. The highest BCUT2D eigenvalue weighted by Gasteiger charge is 2.30. The molecule has 2 aromatic carbocycles. The van der Waals surface area contributed by atoms with E-state index in [0.29, 0.717) is 12.8 Å². The number of benzene rings is 2. The van der Waals surface area contributed by atoms with Crippen LogP contribution < -0.4 is 10.6 Å². The molecule has 0 saturated heterocycles. The van der Waals surface area contributed by atoms with Crippen molar-refractivity contribution in [1.82, 2.24) is 10.6 Å². The number of carboxylic acid groups (broad SMARTS) is 1. The Balaban J connectivity index is 1.63. The van der Waals surface area contributed by atoms with Gasteiger partial charge in [-0.05, 0) is 35.1 Å². The summed E-state index contributed by atoms with van der Waals surface area (Å²) < 4.78 is 5.50. The lowest BCUT2D eigenvalue weighted by molar-refractivity contribution is -0.142. The number of ether oxygens (including phenoxy) is 1. The molecule has 2 aromatic rings. The molecular formula is C26H30N2O5. The number of fused-ring (bicyclic) bond motifs is 3. The van der Waals surface area contributed by atoms with Crippen molar-refractivity contribution in [2.75, 3.05) is 6.61 Å². The van der Waals surface area contributed by atoms with Crippen molar-refractivity contribution < 1.29 is 24.2 Å². The fourth-order valence-corrected chi connectivity index (χ4v) is 4.12. The maximum atomic E-state index is 12.6. The minimum Gasteiger partial charge on any atom is -0.480 e. The first-order valence-corrected chi connectivity index (χ1v) is 11.2. The summed E-state index contributed by atoms with van der Waals surface area (Å²) in [7, 11) is 0. The van der Waals surface area contributed by atoms with Gasteiger partial charge in [-0.15, -0.1) is 6.58 Å². The number of aliphatic carboxylic acids is 1. The molecule has 2 atom stereocenters. The Hall–Kier alpha value is -3.61. The van der Waals surface area contributed by atoms with Crippen LogP contribution in [0.15, 0.2) is 61.2 Å². The second-order valence-electron chi connectivity index (χ2n) is 8.09. The predicted octanol–water partition coefficient (Wildman–Crippen LogP) is 4.23. The Kier molecular flexibility index (Phi) is 8.24. The van der Waals surface area contributed by atoms with Gasteiger partial charge in [-0.2, -0.15) is 0 Å². The van der Waals surface area contributed by atoms with Crippen LogP contribution in [0, 0.1) is 0 Å². The number of hydrogen-bond donors (Lipinski definition) is 3. The number of carbonyl (C=O) groups is 3. The molecule has 0 radical (unpaired) electrons. The van der Waals surface area contributed by atoms with Crippen LogP contribution in [-0.2, 0) is 14.3 Å². The van der Waals surface area contributed by atoms with Crippen LogP contribution in [-0.4, -0.2) is 41.8 Å². The number of unbranched alkanes of at least 4 members (excludes halogenated alkanes) is 1. The van der Waals surface area contributed by atoms with Gasteiger partial charge in [0.2, 0.25) is 5.91 Å². The Bertz CT molecular complexity index is 974. The molecule has 7 nitrogen and oxygen atoms in total. The molecule has 0 aliphatic heterocycles. The standard InChI is InChI=1S/C26H30N2O5/c1-3-5-15-23(25(30)31)27-24(29)22(10-4-2)28-26(32)33-16-21-19-13-8-6-11-17(19)18-12-7-9-14-20(18)21/h4,6-9,11-14,21-23H,2-3,5,10,15-16H2,1H3,(H,27,29)(H,28,32)(H,30,31). The summed E-state index contributed by atoms with van der Waals surface area (Å²) in [5.74, 6) is -1.78. The third-order valence-electron chi connectivity index (χ3n) is 5.82. The fraction of sp³-hybridized carbons (Fsp3) is 0.346. The molecule has 0 saturated carbocycles. The second-order valence-corrected chi connectivity index (χ2v) is 8.09. The van der Waals surface area contributed by atoms with E-state index in [0.717, 1.165) is 28.7 Å². The summed E-state index contributed by atoms with van der Waals surface area (Å²) in [5.41, 5.74) is 4.43. The third kappa shape index (κ3) is 5.80. The van der Waals surface area contributed by atoms with Gasteiger partial charge in [0.1, 0.15) is 18.7 Å². The van der Waals surface area contributed by atoms with Crippen LogP contribution in [0.1, 0.15) is 49.7 Å². The van der Waals surface area contributed by atoms with Gasteiger partial charge in [0.15, 0.2) is 0 Å². The summed E-state index contributed by atoms with van der Waals surface area (Å²) in [4.78, 5) is 36.6. The zero-order valence-corrected chi connectivity index (χ0v) is 18.8. The van der Waals surface area contributed by atoms with Gasteiger partial charge >= 0.3 is 12.1 Å². The van der Waals surface area contributed by atoms with Crippen molar-refractivity contribution in [3.05, 3.63) is 72.3 Å². The average molecular weight is 451 g/mol. The number of carbonyl (C=O) groups excluding carboxylic acids is 2. The molecule has 2 unspecified atom stereocenters. The summed E-state index contributed by atoms with van der Waals surface area (Å²) in [6.07, 6.45) is 2.71. The van der Waals surface area contributed by atoms with Gasteiger partial charge in [-0.25, -0.2) is 9.59 Å². The molecule has 1 aliphatic rings. The fourth-order valence-electron chi connectivity index (χ4n) is 4.12. The van der Waals surface area contributed by atoms with Gasteiger partial charge in [0, 0.05) is 5.92 Å². The summed E-state index contributed by atoms with van der Waals surface area (Å²) in [6, 6.07) is 14.1. The summed E-state index contributed by atoms with van der Waals surface area (Å²) in [6.45, 7) is 5.69. The minimum absolute atomic E-state index is 0.0970. The second kappa shape index (κ2) is 11.3. The average Bonchev–Trinajstić information content (AvgIpc) is 3.13. The molecule has 2 amide bonds. The number of alkyl carbamates (subject to hydrolysis) is 1. The van der Waals surface area contributed by atoms with Crippen LogP contribution >= 0.6 is 0 Å². The minimum atomic E-state index is -1.10. The molecule has 3 N–H and O–H groups in total. The largest absolute Gasteiger partial charge is 0.480 e. The van der Waals surface area contributed by atoms with Crippen LogP contribution in [0.3, 0.4) is 0 Å². The topological polar surface area (TPSA) is 105 Å². The van der Waals surface area contributed by atoms with Crippen molar-refractivity contribution in [3.63, 3.8) is 0 Å². The van der Waals surface area contributed by atoms with Crippen LogP contribution in [0.25, 0.3) is 11.1 Å². The first-order chi connectivity index (χ1) is 16.0. The van der Waals surface area contributed by atoms with E-state index in [9.17, 15) is 19.5 Å². The van der Waals surface area contributed by atoms with Crippen LogP contribution in [0.4, 0.5) is 4.79 Å². The van der Waals surface area contributed by atoms with Crippen LogP contribution in [0.5, 0.6) is 0 Å². The Morgan fingerprint density at radius 2 is 1.64 bits per heavy atom. The van der Waals surface area contributed by atoms with Crippen molar-refractivity contribution in [1.29, 1.82) is 0 Å². The number of carboxylic acids is 1. The zero-order valence-electron chi connectivity index (χ0n) is 18.8. The molecule has 174 valence electrons. The first kappa shape index (κ1) is 24.0. The SMILES string of the molecule is C=CCC(NC(=O)OCC1c2ccccc2-c2ccccc21)C(=O)NC(CCCC)C(=O)O. The summed E-state index contributed by atoms with van der Waals surface area (Å²) in [5, 5.41) is 14.4. The lowest BCUT2D eigenvalue weighted by Gasteiger charge is -2.21. The molecule has 0 aromatic heterocycles. The number of hydrogen-bond acceptors (Lipinski definition) is 4. The van der Waals surface area contributed by atoms with Gasteiger partial charge in [0.25, 0.3) is 0 Å². The molecule has 0 spiro atoms. The molecule has 1 aliphatic carbocycles. The molecule has 3 rings (SSSR count). The Labute approximate surface area is 193 Å². The normalized spacial score (nSPS) is 13.8. The molecule has 0 fully saturated rings. The number of nitrogens with one attached hydrogen (secondary N) is 2. The van der Waals surface area contributed by atoms with E-state index in [1.54, 1.807) is 0 Å². The van der Waals surface area contributed by atoms with E-state index < -0.39 is 30.1 Å². The highest BCUT2D eigenvalue weighted by Crippen LogP contribution is 2.44. The van der Waals surface area contributed by atoms with Gasteiger partial charge in [-0.3, -0.25) is 4.79 Å².